The van der Waals surface area contributed by atoms with Crippen LogP contribution in [0.5, 0.6) is 0 Å². The van der Waals surface area contributed by atoms with Crippen LogP contribution in [-0.4, -0.2) is 61.8 Å². The Morgan fingerprint density at radius 2 is 1.49 bits per heavy atom. The van der Waals surface area contributed by atoms with Crippen molar-refractivity contribution in [3.63, 3.8) is 0 Å². The van der Waals surface area contributed by atoms with Crippen LogP contribution in [0.25, 0.3) is 0 Å². The molecule has 2 aromatic carbocycles. The lowest BCUT2D eigenvalue weighted by molar-refractivity contribution is 0.0946. The Kier molecular flexibility index (Phi) is 7.04. The lowest BCUT2D eigenvalue weighted by Crippen LogP contribution is -2.41. The van der Waals surface area contributed by atoms with Gasteiger partial charge < -0.3 is 19.9 Å². The van der Waals surface area contributed by atoms with E-state index < -0.39 is 0 Å². The summed E-state index contributed by atoms with van der Waals surface area (Å²) >= 11 is 0. The first kappa shape index (κ1) is 23.9. The van der Waals surface area contributed by atoms with E-state index in [-0.39, 0.29) is 5.91 Å². The van der Waals surface area contributed by atoms with Crippen LogP contribution in [0.1, 0.15) is 52.7 Å². The summed E-state index contributed by atoms with van der Waals surface area (Å²) in [7, 11) is 0. The minimum atomic E-state index is -0.110. The Morgan fingerprint density at radius 1 is 0.865 bits per heavy atom. The van der Waals surface area contributed by atoms with Crippen LogP contribution in [0.3, 0.4) is 0 Å². The van der Waals surface area contributed by atoms with Crippen molar-refractivity contribution in [2.75, 3.05) is 55.7 Å². The molecule has 3 aliphatic rings. The van der Waals surface area contributed by atoms with Gasteiger partial charge in [-0.1, -0.05) is 60.7 Å². The average Bonchev–Trinajstić information content (AvgIpc) is 3.81. The van der Waals surface area contributed by atoms with Crippen LogP contribution in [0.4, 0.5) is 11.8 Å². The summed E-state index contributed by atoms with van der Waals surface area (Å²) in [5, 5.41) is 3.10. The van der Waals surface area contributed by atoms with Crippen LogP contribution in [0, 0.1) is 5.92 Å². The molecule has 2 aliphatic heterocycles. The minimum absolute atomic E-state index is 0.110. The molecule has 2 unspecified atom stereocenters. The molecule has 7 heteroatoms. The van der Waals surface area contributed by atoms with Crippen LogP contribution in [-0.2, 0) is 4.74 Å². The van der Waals surface area contributed by atoms with Crippen LogP contribution in [0.2, 0.25) is 0 Å². The van der Waals surface area contributed by atoms with E-state index in [0.717, 1.165) is 45.0 Å². The van der Waals surface area contributed by atoms with Crippen LogP contribution in [0.15, 0.2) is 66.7 Å². The van der Waals surface area contributed by atoms with E-state index in [0.29, 0.717) is 42.6 Å². The van der Waals surface area contributed by atoms with Crippen molar-refractivity contribution in [3.8, 4) is 0 Å². The van der Waals surface area contributed by atoms with Crippen LogP contribution >= 0.6 is 0 Å². The Labute approximate surface area is 218 Å². The number of piperidine rings is 1. The summed E-state index contributed by atoms with van der Waals surface area (Å²) < 4.78 is 5.57. The molecule has 2 atom stereocenters. The summed E-state index contributed by atoms with van der Waals surface area (Å²) in [4.78, 5) is 27.5. The number of benzene rings is 2. The number of carbonyl (C=O) groups is 1. The molecule has 0 spiro atoms. The molecule has 37 heavy (non-hydrogen) atoms. The second-order valence-electron chi connectivity index (χ2n) is 10.5. The topological polar surface area (TPSA) is 70.6 Å². The highest BCUT2D eigenvalue weighted by Crippen LogP contribution is 2.37. The minimum Gasteiger partial charge on any atom is -0.378 e. The van der Waals surface area contributed by atoms with Crippen molar-refractivity contribution in [1.82, 2.24) is 15.3 Å². The quantitative estimate of drug-likeness (QED) is 0.527. The van der Waals surface area contributed by atoms with Crippen molar-refractivity contribution < 1.29 is 9.53 Å². The second-order valence-corrected chi connectivity index (χ2v) is 10.5. The van der Waals surface area contributed by atoms with Gasteiger partial charge in [0.05, 0.1) is 13.2 Å². The maximum Gasteiger partial charge on any atom is 0.270 e. The molecule has 2 saturated heterocycles. The highest BCUT2D eigenvalue weighted by atomic mass is 16.5. The van der Waals surface area contributed by atoms with Gasteiger partial charge in [0.25, 0.3) is 5.91 Å². The molecule has 3 fully saturated rings. The van der Waals surface area contributed by atoms with Crippen molar-refractivity contribution in [3.05, 3.63) is 83.6 Å². The number of nitrogens with one attached hydrogen (secondary N) is 1. The van der Waals surface area contributed by atoms with E-state index >= 15 is 0 Å². The second kappa shape index (κ2) is 10.9. The number of nitrogens with zero attached hydrogens (tertiary/aromatic N) is 4. The number of carbonyl (C=O) groups excluding carboxylic acids is 1. The van der Waals surface area contributed by atoms with Crippen molar-refractivity contribution in [2.24, 2.45) is 5.92 Å². The van der Waals surface area contributed by atoms with Gasteiger partial charge in [-0.25, -0.2) is 4.98 Å². The van der Waals surface area contributed by atoms with E-state index in [2.05, 4.69) is 75.8 Å². The molecule has 1 N–H and O–H groups in total. The Balaban J connectivity index is 1.34. The number of amides is 1. The molecule has 0 bridgehead atoms. The Hall–Kier alpha value is -3.45. The van der Waals surface area contributed by atoms with Crippen molar-refractivity contribution >= 4 is 17.7 Å². The number of morpholine rings is 1. The maximum absolute atomic E-state index is 13.2. The molecule has 3 aromatic rings. The number of anilines is 2. The fraction of sp³-hybridized carbons (Fsp3) is 0.433. The van der Waals surface area contributed by atoms with Gasteiger partial charge in [-0.05, 0) is 36.3 Å². The third kappa shape index (κ3) is 5.77. The van der Waals surface area contributed by atoms with Gasteiger partial charge in [-0.3, -0.25) is 4.79 Å². The molecule has 0 radical (unpaired) electrons. The summed E-state index contributed by atoms with van der Waals surface area (Å²) in [6, 6.07) is 23.3. The molecule has 3 heterocycles. The van der Waals surface area contributed by atoms with Crippen LogP contribution < -0.4 is 15.1 Å². The monoisotopic (exact) mass is 497 g/mol. The predicted molar refractivity (Wildman–Crippen MR) is 145 cm³/mol. The van der Waals surface area contributed by atoms with Gasteiger partial charge in [0.1, 0.15) is 11.5 Å². The highest BCUT2D eigenvalue weighted by Gasteiger charge is 2.32. The average molecular weight is 498 g/mol. The number of hydrogen-bond acceptors (Lipinski definition) is 6. The first-order valence-electron chi connectivity index (χ1n) is 13.6. The maximum atomic E-state index is 13.2. The molecular formula is C30H35N5O2. The standard InChI is InChI=1S/C30H35N5O2/c36-29(31-19-22-11-12-22)27-18-28(34-13-15-37-16-14-34)33-30(32-27)35-20-25(23-7-3-1-4-8-23)17-26(21-35)24-9-5-2-6-10-24/h1-10,18,22,25-26H,11-17,19-21H2,(H,31,36). The van der Waals surface area contributed by atoms with Gasteiger partial charge in [0.15, 0.2) is 0 Å². The molecule has 1 saturated carbocycles. The Bertz CT molecular complexity index is 1150. The zero-order valence-electron chi connectivity index (χ0n) is 21.3. The van der Waals surface area contributed by atoms with Gasteiger partial charge in [-0.2, -0.15) is 4.98 Å². The smallest absolute Gasteiger partial charge is 0.270 e. The fourth-order valence-corrected chi connectivity index (χ4v) is 5.48. The van der Waals surface area contributed by atoms with E-state index in [1.165, 1.54) is 24.0 Å². The van der Waals surface area contributed by atoms with Gasteiger partial charge in [-0.15, -0.1) is 0 Å². The van der Waals surface area contributed by atoms with Crippen molar-refractivity contribution in [2.45, 2.75) is 31.1 Å². The third-order valence-electron chi connectivity index (χ3n) is 7.79. The van der Waals surface area contributed by atoms with E-state index in [1.54, 1.807) is 0 Å². The molecule has 7 nitrogen and oxygen atoms in total. The normalized spacial score (nSPS) is 22.1. The predicted octanol–water partition coefficient (Wildman–Crippen LogP) is 4.23. The lowest BCUT2D eigenvalue weighted by atomic mass is 9.81. The zero-order valence-corrected chi connectivity index (χ0v) is 21.3. The summed E-state index contributed by atoms with van der Waals surface area (Å²) in [5.74, 6) is 2.65. The number of aromatic nitrogens is 2. The van der Waals surface area contributed by atoms with E-state index in [1.807, 2.05) is 6.07 Å². The molecular weight excluding hydrogens is 462 g/mol. The fourth-order valence-electron chi connectivity index (χ4n) is 5.48. The van der Waals surface area contributed by atoms with E-state index in [4.69, 9.17) is 14.7 Å². The molecule has 192 valence electrons. The van der Waals surface area contributed by atoms with Crippen molar-refractivity contribution in [1.29, 1.82) is 0 Å². The summed E-state index contributed by atoms with van der Waals surface area (Å²) in [6.07, 6.45) is 3.47. The largest absolute Gasteiger partial charge is 0.378 e. The Morgan fingerprint density at radius 3 is 2.08 bits per heavy atom. The molecule has 1 aromatic heterocycles. The number of hydrogen-bond donors (Lipinski definition) is 1. The lowest BCUT2D eigenvalue weighted by Gasteiger charge is -2.39. The zero-order chi connectivity index (χ0) is 25.0. The first-order chi connectivity index (χ1) is 18.2. The van der Waals surface area contributed by atoms with Gasteiger partial charge in [0, 0.05) is 50.6 Å². The highest BCUT2D eigenvalue weighted by molar-refractivity contribution is 5.93. The first-order valence-corrected chi connectivity index (χ1v) is 13.6. The van der Waals surface area contributed by atoms with Gasteiger partial charge in [0.2, 0.25) is 5.95 Å². The van der Waals surface area contributed by atoms with E-state index in [9.17, 15) is 4.79 Å². The SMILES string of the molecule is O=C(NCC1CC1)c1cc(N2CCOCC2)nc(N2CC(c3ccccc3)CC(c3ccccc3)C2)n1. The van der Waals surface area contributed by atoms with Gasteiger partial charge >= 0.3 is 0 Å². The summed E-state index contributed by atoms with van der Waals surface area (Å²) in [6.45, 7) is 5.22. The summed E-state index contributed by atoms with van der Waals surface area (Å²) in [5.41, 5.74) is 3.12. The third-order valence-corrected chi connectivity index (χ3v) is 7.79. The molecule has 1 aliphatic carbocycles. The molecule has 6 rings (SSSR count). The number of ether oxygens (including phenoxy) is 1. The number of rotatable bonds is 7. The molecule has 1 amide bonds.